The number of carbonyl (C=O) groups is 3. The van der Waals surface area contributed by atoms with Crippen LogP contribution in [0.5, 0.6) is 0 Å². The Balaban J connectivity index is 2.01. The Morgan fingerprint density at radius 2 is 2.15 bits per heavy atom. The van der Waals surface area contributed by atoms with Gasteiger partial charge in [-0.25, -0.2) is 9.59 Å². The number of β-lactam (4-membered cyclic amide) rings is 1. The van der Waals surface area contributed by atoms with Gasteiger partial charge in [0, 0.05) is 5.75 Å². The van der Waals surface area contributed by atoms with Crippen molar-refractivity contribution in [2.75, 3.05) is 5.75 Å². The fourth-order valence-electron chi connectivity index (χ4n) is 1.97. The van der Waals surface area contributed by atoms with Crippen molar-refractivity contribution in [3.05, 3.63) is 11.8 Å². The molecule has 0 radical (unpaired) electrons. The molecule has 0 bridgehead atoms. The number of thioether (sulfide) groups is 1. The lowest BCUT2D eigenvalue weighted by molar-refractivity contribution is -0.148. The van der Waals surface area contributed by atoms with Gasteiger partial charge in [-0.3, -0.25) is 9.69 Å². The van der Waals surface area contributed by atoms with Gasteiger partial charge < -0.3 is 15.2 Å². The summed E-state index contributed by atoms with van der Waals surface area (Å²) in [6.45, 7) is 5.17. The number of carboxylic acid groups (broad SMARTS) is 1. The molecule has 1 fully saturated rings. The van der Waals surface area contributed by atoms with Crippen molar-refractivity contribution >= 4 is 29.7 Å². The lowest BCUT2D eigenvalue weighted by atomic mass is 10.1. The number of carboxylic acids is 1. The van der Waals surface area contributed by atoms with Crippen LogP contribution in [-0.2, 0) is 14.3 Å². The van der Waals surface area contributed by atoms with E-state index in [1.165, 1.54) is 22.7 Å². The van der Waals surface area contributed by atoms with Crippen molar-refractivity contribution < 1.29 is 24.2 Å². The van der Waals surface area contributed by atoms with Crippen LogP contribution in [0, 0.1) is 0 Å². The number of amides is 2. The summed E-state index contributed by atoms with van der Waals surface area (Å²) < 4.78 is 5.09. The molecule has 7 nitrogen and oxygen atoms in total. The van der Waals surface area contributed by atoms with Crippen molar-refractivity contribution in [2.24, 2.45) is 0 Å². The third-order valence-electron chi connectivity index (χ3n) is 2.74. The summed E-state index contributed by atoms with van der Waals surface area (Å²) in [5.74, 6) is -1.08. The Morgan fingerprint density at radius 1 is 1.50 bits per heavy atom. The number of rotatable bonds is 2. The number of hydrogen-bond acceptors (Lipinski definition) is 5. The topological polar surface area (TPSA) is 95.9 Å². The molecule has 0 saturated carbocycles. The van der Waals surface area contributed by atoms with Crippen LogP contribution in [-0.4, -0.2) is 50.7 Å². The molecule has 2 aliphatic rings. The van der Waals surface area contributed by atoms with Crippen LogP contribution in [0.25, 0.3) is 0 Å². The molecule has 2 amide bonds. The zero-order chi connectivity index (χ0) is 15.1. The number of fused-ring (bicyclic) bond motifs is 1. The Kier molecular flexibility index (Phi) is 3.68. The molecular formula is C12H16N2O5S. The fourth-order valence-corrected chi connectivity index (χ4v) is 3.17. The molecule has 0 aromatic carbocycles. The van der Waals surface area contributed by atoms with E-state index in [2.05, 4.69) is 5.32 Å². The number of carbonyl (C=O) groups excluding carboxylic acids is 2. The van der Waals surface area contributed by atoms with Crippen molar-refractivity contribution in [1.29, 1.82) is 0 Å². The van der Waals surface area contributed by atoms with Crippen molar-refractivity contribution in [3.63, 3.8) is 0 Å². The fraction of sp³-hybridized carbons (Fsp3) is 0.583. The first-order valence-corrected chi connectivity index (χ1v) is 7.13. The highest BCUT2D eigenvalue weighted by atomic mass is 32.2. The number of ether oxygens (including phenoxy) is 1. The summed E-state index contributed by atoms with van der Waals surface area (Å²) >= 11 is 1.40. The van der Waals surface area contributed by atoms with Gasteiger partial charge in [0.25, 0.3) is 5.91 Å². The minimum absolute atomic E-state index is 0.0269. The Morgan fingerprint density at radius 3 is 2.70 bits per heavy atom. The highest BCUT2D eigenvalue weighted by Crippen LogP contribution is 2.37. The summed E-state index contributed by atoms with van der Waals surface area (Å²) in [5, 5.41) is 11.1. The second kappa shape index (κ2) is 5.01. The van der Waals surface area contributed by atoms with Crippen molar-refractivity contribution in [3.8, 4) is 0 Å². The zero-order valence-corrected chi connectivity index (χ0v) is 12.2. The summed E-state index contributed by atoms with van der Waals surface area (Å²) in [6.07, 6.45) is 0.813. The Hall–Kier alpha value is -1.70. The predicted molar refractivity (Wildman–Crippen MR) is 72.0 cm³/mol. The van der Waals surface area contributed by atoms with Crippen LogP contribution in [0.4, 0.5) is 4.79 Å². The molecule has 20 heavy (non-hydrogen) atoms. The van der Waals surface area contributed by atoms with Gasteiger partial charge in [-0.05, 0) is 26.8 Å². The molecule has 2 unspecified atom stereocenters. The maximum Gasteiger partial charge on any atom is 0.408 e. The molecule has 0 aromatic rings. The first-order chi connectivity index (χ1) is 9.20. The van der Waals surface area contributed by atoms with Gasteiger partial charge in [0.15, 0.2) is 0 Å². The molecule has 1 saturated heterocycles. The van der Waals surface area contributed by atoms with E-state index < -0.39 is 29.6 Å². The summed E-state index contributed by atoms with van der Waals surface area (Å²) in [7, 11) is 0. The molecule has 0 spiro atoms. The minimum Gasteiger partial charge on any atom is -0.477 e. The highest BCUT2D eigenvalue weighted by Gasteiger charge is 2.53. The Bertz CT molecular complexity index is 497. The maximum atomic E-state index is 12.0. The second-order valence-electron chi connectivity index (χ2n) is 5.45. The van der Waals surface area contributed by atoms with Crippen LogP contribution >= 0.6 is 11.8 Å². The van der Waals surface area contributed by atoms with E-state index in [-0.39, 0.29) is 11.1 Å². The quantitative estimate of drug-likeness (QED) is 0.731. The lowest BCUT2D eigenvalue weighted by Crippen LogP contribution is -2.70. The van der Waals surface area contributed by atoms with E-state index in [1.807, 2.05) is 0 Å². The normalized spacial score (nSPS) is 25.2. The van der Waals surface area contributed by atoms with Gasteiger partial charge in [-0.15, -0.1) is 11.8 Å². The zero-order valence-electron chi connectivity index (χ0n) is 11.4. The standard InChI is InChI=1S/C12H16N2O5S/c1-12(2,3)19-11(18)13-7-8(15)14-6(10(16)17)4-5-20-9(7)14/h4,7,9H,5H2,1-3H3,(H,13,18)(H,16,17). The molecule has 2 aliphatic heterocycles. The van der Waals surface area contributed by atoms with Gasteiger partial charge in [0.1, 0.15) is 22.7 Å². The molecule has 2 heterocycles. The number of aliphatic carboxylic acids is 1. The second-order valence-corrected chi connectivity index (χ2v) is 6.60. The van der Waals surface area contributed by atoms with Crippen molar-refractivity contribution in [2.45, 2.75) is 37.8 Å². The highest BCUT2D eigenvalue weighted by molar-refractivity contribution is 8.00. The number of alkyl carbamates (subject to hydrolysis) is 1. The van der Waals surface area contributed by atoms with Crippen LogP contribution in [0.2, 0.25) is 0 Å². The molecule has 2 atom stereocenters. The molecule has 110 valence electrons. The van der Waals surface area contributed by atoms with Gasteiger partial charge >= 0.3 is 12.1 Å². The third kappa shape index (κ3) is 2.74. The van der Waals surface area contributed by atoms with E-state index in [1.54, 1.807) is 20.8 Å². The van der Waals surface area contributed by atoms with Gasteiger partial charge in [0.2, 0.25) is 0 Å². The largest absolute Gasteiger partial charge is 0.477 e. The van der Waals surface area contributed by atoms with Crippen LogP contribution < -0.4 is 5.32 Å². The van der Waals surface area contributed by atoms with E-state index in [0.29, 0.717) is 5.75 Å². The summed E-state index contributed by atoms with van der Waals surface area (Å²) in [6, 6.07) is -0.738. The molecule has 2 rings (SSSR count). The number of hydrogen-bond donors (Lipinski definition) is 2. The van der Waals surface area contributed by atoms with Gasteiger partial charge in [0.05, 0.1) is 0 Å². The first kappa shape index (κ1) is 14.7. The van der Waals surface area contributed by atoms with Crippen molar-refractivity contribution in [1.82, 2.24) is 10.2 Å². The Labute approximate surface area is 120 Å². The van der Waals surface area contributed by atoms with Crippen LogP contribution in [0.15, 0.2) is 11.8 Å². The molecule has 8 heteroatoms. The van der Waals surface area contributed by atoms with E-state index in [4.69, 9.17) is 9.84 Å². The van der Waals surface area contributed by atoms with E-state index >= 15 is 0 Å². The number of nitrogens with one attached hydrogen (secondary N) is 1. The van der Waals surface area contributed by atoms with E-state index in [9.17, 15) is 14.4 Å². The predicted octanol–water partition coefficient (Wildman–Crippen LogP) is 0.763. The third-order valence-corrected chi connectivity index (χ3v) is 3.92. The molecule has 0 aromatic heterocycles. The van der Waals surface area contributed by atoms with Gasteiger partial charge in [-0.1, -0.05) is 0 Å². The average molecular weight is 300 g/mol. The van der Waals surface area contributed by atoms with Crippen LogP contribution in [0.3, 0.4) is 0 Å². The number of nitrogens with zero attached hydrogens (tertiary/aromatic N) is 1. The average Bonchev–Trinajstić information content (AvgIpc) is 2.32. The summed E-state index contributed by atoms with van der Waals surface area (Å²) in [5.41, 5.74) is -0.677. The minimum atomic E-state index is -1.14. The van der Waals surface area contributed by atoms with Gasteiger partial charge in [-0.2, -0.15) is 0 Å². The first-order valence-electron chi connectivity index (χ1n) is 6.08. The molecular weight excluding hydrogens is 284 g/mol. The van der Waals surface area contributed by atoms with E-state index in [0.717, 1.165) is 0 Å². The molecule has 2 N–H and O–H groups in total. The SMILES string of the molecule is CC(C)(C)OC(=O)NC1C(=O)N2C(C(=O)O)=CCSC12. The smallest absolute Gasteiger partial charge is 0.408 e. The van der Waals surface area contributed by atoms with Crippen LogP contribution in [0.1, 0.15) is 20.8 Å². The molecule has 0 aliphatic carbocycles. The lowest BCUT2D eigenvalue weighted by Gasteiger charge is -2.48. The summed E-state index contributed by atoms with van der Waals surface area (Å²) in [4.78, 5) is 35.8. The monoisotopic (exact) mass is 300 g/mol. The maximum absolute atomic E-state index is 12.0.